The van der Waals surface area contributed by atoms with Crippen molar-refractivity contribution in [2.24, 2.45) is 17.7 Å². The molecule has 0 N–H and O–H groups in total. The summed E-state index contributed by atoms with van der Waals surface area (Å²) in [4.78, 5) is 0. The van der Waals surface area contributed by atoms with E-state index in [1.807, 2.05) is 0 Å². The van der Waals surface area contributed by atoms with Crippen LogP contribution in [0.4, 0.5) is 8.78 Å². The lowest BCUT2D eigenvalue weighted by molar-refractivity contribution is 0.223. The molecule has 0 radical (unpaired) electrons. The van der Waals surface area contributed by atoms with Gasteiger partial charge in [-0.05, 0) is 43.0 Å². The molecule has 2 rings (SSSR count). The second-order valence-electron chi connectivity index (χ2n) is 6.10. The van der Waals surface area contributed by atoms with Crippen molar-refractivity contribution < 1.29 is 14.3 Å². The summed E-state index contributed by atoms with van der Waals surface area (Å²) in [5.74, 6) is -1.74. The average molecular weight is 400 g/mol. The molecule has 3 atom stereocenters. The highest BCUT2D eigenvalue weighted by Gasteiger charge is 2.31. The third-order valence-electron chi connectivity index (χ3n) is 4.54. The van der Waals surface area contributed by atoms with Gasteiger partial charge in [-0.3, -0.25) is 0 Å². The van der Waals surface area contributed by atoms with Crippen molar-refractivity contribution in [1.29, 1.82) is 0 Å². The Balaban J connectivity index is 2.03. The molecule has 0 saturated heterocycles. The number of allylic oxidation sites excluding steroid dienone is 2. The zero-order chi connectivity index (χ0) is 18.2. The Bertz CT molecular complexity index is 475. The van der Waals surface area contributed by atoms with E-state index in [0.29, 0.717) is 12.3 Å². The molecule has 3 unspecified atom stereocenters. The first-order chi connectivity index (χ1) is 11.0. The van der Waals surface area contributed by atoms with E-state index in [1.54, 1.807) is 0 Å². The van der Waals surface area contributed by atoms with E-state index in [2.05, 4.69) is 6.92 Å². The van der Waals surface area contributed by atoms with Crippen LogP contribution in [0.5, 0.6) is 0 Å². The summed E-state index contributed by atoms with van der Waals surface area (Å²) in [6.07, 6.45) is 2.54. The van der Waals surface area contributed by atoms with Crippen LogP contribution in [0, 0.1) is 17.7 Å². The summed E-state index contributed by atoms with van der Waals surface area (Å²) in [6, 6.07) is 0. The van der Waals surface area contributed by atoms with E-state index in [0.717, 1.165) is 37.7 Å². The molecule has 1 saturated carbocycles. The van der Waals surface area contributed by atoms with E-state index in [9.17, 15) is 8.78 Å². The van der Waals surface area contributed by atoms with Gasteiger partial charge in [0.15, 0.2) is 0 Å². The molecule has 0 nitrogen and oxygen atoms in total. The second-order valence-corrected chi connectivity index (χ2v) is 7.35. The van der Waals surface area contributed by atoms with Crippen molar-refractivity contribution in [3.8, 4) is 0 Å². The Labute approximate surface area is 141 Å². The van der Waals surface area contributed by atoms with Gasteiger partial charge in [0, 0.05) is 4.11 Å². The maximum Gasteiger partial charge on any atom is 0.119 e. The number of hydrogen-bond donors (Lipinski definition) is 0. The molecule has 0 aliphatic heterocycles. The first kappa shape index (κ1) is 11.8. The third kappa shape index (κ3) is 4.67. The van der Waals surface area contributed by atoms with Crippen molar-refractivity contribution in [2.75, 3.05) is 0 Å². The summed E-state index contributed by atoms with van der Waals surface area (Å²) >= 11 is 1.42. The fourth-order valence-corrected chi connectivity index (χ4v) is 3.66. The second kappa shape index (κ2) is 8.09. The number of hydrogen-bond acceptors (Lipinski definition) is 0. The molecular formula is C17H27F2I. The lowest BCUT2D eigenvalue weighted by Gasteiger charge is -2.30. The molecule has 0 aromatic carbocycles. The standard InChI is InChI=1S/C17H27F2I/c1-2-3-12-4-6-13(7-5-12)8-9-14-10-15(18)17(20)16(19)11-14/h10,12-14,16-17H,2-9,11H2,1H3/i11D2,14D,16D. The van der Waals surface area contributed by atoms with Gasteiger partial charge in [-0.15, -0.1) is 0 Å². The van der Waals surface area contributed by atoms with E-state index >= 15 is 0 Å². The van der Waals surface area contributed by atoms with Crippen LogP contribution in [-0.2, 0) is 0 Å². The van der Waals surface area contributed by atoms with Crippen LogP contribution in [0.2, 0.25) is 0 Å². The lowest BCUT2D eigenvalue weighted by atomic mass is 9.77. The number of rotatable bonds is 5. The van der Waals surface area contributed by atoms with E-state index in [1.165, 1.54) is 35.4 Å². The summed E-state index contributed by atoms with van der Waals surface area (Å²) in [6.45, 7) is 2.19. The molecule has 0 spiro atoms. The van der Waals surface area contributed by atoms with E-state index < -0.39 is 28.2 Å². The average Bonchev–Trinajstić information content (AvgIpc) is 2.52. The molecule has 1 fully saturated rings. The molecular weight excluding hydrogens is 369 g/mol. The van der Waals surface area contributed by atoms with Crippen molar-refractivity contribution in [3.63, 3.8) is 0 Å². The first-order valence-corrected chi connectivity index (χ1v) is 9.01. The number of halogens is 3. The largest absolute Gasteiger partial charge is 0.246 e. The molecule has 3 heteroatoms. The maximum atomic E-state index is 14.6. The van der Waals surface area contributed by atoms with Crippen LogP contribution in [0.25, 0.3) is 0 Å². The molecule has 0 amide bonds. The van der Waals surface area contributed by atoms with Crippen molar-refractivity contribution in [1.82, 2.24) is 0 Å². The van der Waals surface area contributed by atoms with E-state index in [4.69, 9.17) is 5.48 Å². The van der Waals surface area contributed by atoms with Crippen molar-refractivity contribution in [3.05, 3.63) is 11.9 Å². The maximum absolute atomic E-state index is 14.6. The predicted octanol–water partition coefficient (Wildman–Crippen LogP) is 6.39. The van der Waals surface area contributed by atoms with Crippen molar-refractivity contribution >= 4 is 22.6 Å². The predicted molar refractivity (Wildman–Crippen MR) is 89.6 cm³/mol. The van der Waals surface area contributed by atoms with Gasteiger partial charge in [0.1, 0.15) is 12.0 Å². The van der Waals surface area contributed by atoms with Crippen LogP contribution < -0.4 is 0 Å². The van der Waals surface area contributed by atoms with Gasteiger partial charge in [0.2, 0.25) is 0 Å². The molecule has 0 heterocycles. The summed E-state index contributed by atoms with van der Waals surface area (Å²) in [5, 5.41) is 0. The van der Waals surface area contributed by atoms with Gasteiger partial charge in [-0.25, -0.2) is 8.78 Å². The van der Waals surface area contributed by atoms with Crippen molar-refractivity contribution in [2.45, 2.75) is 74.7 Å². The smallest absolute Gasteiger partial charge is 0.119 e. The zero-order valence-electron chi connectivity index (χ0n) is 16.1. The minimum atomic E-state index is -3.13. The normalized spacial score (nSPS) is 51.4. The Morgan fingerprint density at radius 3 is 2.45 bits per heavy atom. The Morgan fingerprint density at radius 1 is 1.25 bits per heavy atom. The first-order valence-electron chi connectivity index (χ1n) is 9.76. The van der Waals surface area contributed by atoms with Gasteiger partial charge < -0.3 is 0 Å². The summed E-state index contributed by atoms with van der Waals surface area (Å²) < 4.78 is 59.1. The quantitative estimate of drug-likeness (QED) is 0.371. The molecule has 0 bridgehead atoms. The zero-order valence-corrected chi connectivity index (χ0v) is 14.3. The summed E-state index contributed by atoms with van der Waals surface area (Å²) in [7, 11) is 0. The molecule has 2 aliphatic rings. The van der Waals surface area contributed by atoms with Gasteiger partial charge in [0.05, 0.1) is 5.30 Å². The third-order valence-corrected chi connectivity index (χ3v) is 5.68. The highest BCUT2D eigenvalue weighted by Crippen LogP contribution is 2.38. The lowest BCUT2D eigenvalue weighted by Crippen LogP contribution is -2.25. The minimum absolute atomic E-state index is 0.0600. The van der Waals surface area contributed by atoms with E-state index in [-0.39, 0.29) is 6.42 Å². The monoisotopic (exact) mass is 400 g/mol. The van der Waals surface area contributed by atoms with Crippen LogP contribution in [0.15, 0.2) is 11.9 Å². The fraction of sp³-hybridized carbons (Fsp3) is 0.882. The number of alkyl halides is 2. The van der Waals surface area contributed by atoms with Crippen LogP contribution in [0.3, 0.4) is 0 Å². The molecule has 116 valence electrons. The SMILES string of the molecule is [2H]C1(CCC2CCC(CCC)CC2)C=C(F)C(I)C([2H])(F)C1([2H])[2H]. The highest BCUT2D eigenvalue weighted by molar-refractivity contribution is 14.1. The molecule has 0 aromatic rings. The fourth-order valence-electron chi connectivity index (χ4n) is 3.32. The minimum Gasteiger partial charge on any atom is -0.246 e. The highest BCUT2D eigenvalue weighted by atomic mass is 127. The summed E-state index contributed by atoms with van der Waals surface area (Å²) in [5.41, 5.74) is 0. The molecule has 2 aliphatic carbocycles. The van der Waals surface area contributed by atoms with Gasteiger partial charge in [-0.2, -0.15) is 0 Å². The van der Waals surface area contributed by atoms with Gasteiger partial charge >= 0.3 is 0 Å². The van der Waals surface area contributed by atoms with Crippen LogP contribution >= 0.6 is 22.6 Å². The van der Waals surface area contributed by atoms with Gasteiger partial charge in [-0.1, -0.05) is 68.0 Å². The van der Waals surface area contributed by atoms with Gasteiger partial charge in [0.25, 0.3) is 0 Å². The molecule has 20 heavy (non-hydrogen) atoms. The van der Waals surface area contributed by atoms with Crippen LogP contribution in [0.1, 0.15) is 70.1 Å². The Kier molecular flexibility index (Phi) is 4.79. The Hall–Kier alpha value is 0.330. The molecule has 0 aromatic heterocycles. The van der Waals surface area contributed by atoms with Crippen LogP contribution in [-0.4, -0.2) is 10.1 Å². The Morgan fingerprint density at radius 2 is 1.85 bits per heavy atom. The topological polar surface area (TPSA) is 0 Å².